The molecule has 6 aromatic rings. The number of phenols is 1. The van der Waals surface area contributed by atoms with Gasteiger partial charge in [0.1, 0.15) is 28.4 Å². The quantitative estimate of drug-likeness (QED) is 0.0303. The van der Waals surface area contributed by atoms with E-state index in [4.69, 9.17) is 13.9 Å². The predicted octanol–water partition coefficient (Wildman–Crippen LogP) is 12.8. The van der Waals surface area contributed by atoms with Crippen LogP contribution < -0.4 is 26.1 Å². The number of para-hydroxylation sites is 2. The molecule has 5 aromatic carbocycles. The average Bonchev–Trinajstić information content (AvgIpc) is 3.69. The molecule has 5 N–H and O–H groups in total. The van der Waals surface area contributed by atoms with Crippen molar-refractivity contribution in [1.82, 2.24) is 15.2 Å². The maximum Gasteiger partial charge on any atom is 0.407 e. The highest BCUT2D eigenvalue weighted by Gasteiger charge is 2.23. The zero-order valence-electron chi connectivity index (χ0n) is 42.3. The summed E-state index contributed by atoms with van der Waals surface area (Å²) in [5.74, 6) is -0.822. The molecule has 74 heavy (non-hydrogen) atoms. The highest BCUT2D eigenvalue weighted by atomic mass is 16.6. The van der Waals surface area contributed by atoms with Gasteiger partial charge in [-0.1, -0.05) is 87.4 Å². The van der Waals surface area contributed by atoms with Crippen molar-refractivity contribution < 1.29 is 43.3 Å². The number of aryl methyl sites for hydroxylation is 1. The van der Waals surface area contributed by atoms with Gasteiger partial charge in [0.25, 0.3) is 5.91 Å². The number of anilines is 1. The maximum absolute atomic E-state index is 13.4. The van der Waals surface area contributed by atoms with Gasteiger partial charge >= 0.3 is 12.1 Å². The van der Waals surface area contributed by atoms with Gasteiger partial charge in [-0.15, -0.1) is 0 Å². The molecule has 0 saturated heterocycles. The van der Waals surface area contributed by atoms with Gasteiger partial charge in [0.15, 0.2) is 5.43 Å². The number of nitrogens with zero attached hydrogens (tertiary/aromatic N) is 1. The minimum Gasteiger partial charge on any atom is -0.508 e. The van der Waals surface area contributed by atoms with E-state index in [2.05, 4.69) is 69.0 Å². The zero-order chi connectivity index (χ0) is 52.2. The molecule has 2 aliphatic rings. The summed E-state index contributed by atoms with van der Waals surface area (Å²) in [7, 11) is 0. The molecule has 1 aromatic heterocycles. The van der Waals surface area contributed by atoms with Gasteiger partial charge < -0.3 is 44.6 Å². The second-order valence-electron chi connectivity index (χ2n) is 19.7. The van der Waals surface area contributed by atoms with Crippen LogP contribution in [0.2, 0.25) is 0 Å². The van der Waals surface area contributed by atoms with E-state index in [0.717, 1.165) is 69.9 Å². The second-order valence-corrected chi connectivity index (χ2v) is 19.7. The molecular weight excluding hydrogens is 937 g/mol. The van der Waals surface area contributed by atoms with Gasteiger partial charge in [0.05, 0.1) is 12.2 Å². The molecule has 0 atom stereocenters. The van der Waals surface area contributed by atoms with Gasteiger partial charge in [-0.2, -0.15) is 0 Å². The lowest BCUT2D eigenvalue weighted by Crippen LogP contribution is -2.32. The number of hydrogen-bond acceptors (Lipinski definition) is 9. The fourth-order valence-corrected chi connectivity index (χ4v) is 9.46. The Labute approximate surface area is 430 Å². The number of ether oxygens (including phenoxy) is 2. The Hall–Kier alpha value is -8.13. The van der Waals surface area contributed by atoms with Crippen molar-refractivity contribution in [2.24, 2.45) is 0 Å². The molecule has 14 nitrogen and oxygen atoms in total. The molecule has 1 aliphatic carbocycles. The number of alkyl carbamates (subject to hydrolysis) is 1. The number of carboxylic acids is 1. The summed E-state index contributed by atoms with van der Waals surface area (Å²) in [6.45, 7) is 7.32. The van der Waals surface area contributed by atoms with E-state index < -0.39 is 17.7 Å². The average molecular weight is 1000 g/mol. The first-order chi connectivity index (χ1) is 35.7. The lowest BCUT2D eigenvalue weighted by Gasteiger charge is -2.20. The predicted molar refractivity (Wildman–Crippen MR) is 289 cm³/mol. The Morgan fingerprint density at radius 2 is 1.35 bits per heavy atom. The van der Waals surface area contributed by atoms with Crippen LogP contribution in [0.4, 0.5) is 10.5 Å². The fraction of sp³-hybridized carbons (Fsp3) is 0.317. The normalized spacial score (nSPS) is 11.6. The van der Waals surface area contributed by atoms with Gasteiger partial charge in [-0.25, -0.2) is 9.59 Å². The molecular formula is C60H64N4O10. The Balaban J connectivity index is 0.744. The molecule has 0 radical (unpaired) electrons. The van der Waals surface area contributed by atoms with Crippen molar-refractivity contribution in [2.45, 2.75) is 110 Å². The number of aromatic hydroxyl groups is 1. The number of carbonyl (C=O) groups is 4. The van der Waals surface area contributed by atoms with E-state index in [9.17, 15) is 34.2 Å². The van der Waals surface area contributed by atoms with E-state index in [-0.39, 0.29) is 40.9 Å². The number of rotatable bonds is 23. The monoisotopic (exact) mass is 1000 g/mol. The number of unbranched alkanes of at least 4 members (excludes halogenated alkanes) is 8. The third kappa shape index (κ3) is 13.5. The van der Waals surface area contributed by atoms with Crippen molar-refractivity contribution in [2.75, 3.05) is 18.5 Å². The summed E-state index contributed by atoms with van der Waals surface area (Å²) in [5, 5.41) is 32.1. The van der Waals surface area contributed by atoms with Crippen LogP contribution in [0.25, 0.3) is 55.2 Å². The molecule has 0 saturated carbocycles. The minimum absolute atomic E-state index is 0.0344. The van der Waals surface area contributed by atoms with E-state index in [1.165, 1.54) is 52.1 Å². The van der Waals surface area contributed by atoms with Crippen LogP contribution in [0, 0.1) is 0 Å². The Bertz CT molecular complexity index is 3280. The van der Waals surface area contributed by atoms with E-state index in [0.29, 0.717) is 70.7 Å². The summed E-state index contributed by atoms with van der Waals surface area (Å²) in [5.41, 5.74) is 4.68. The smallest absolute Gasteiger partial charge is 0.407 e. The van der Waals surface area contributed by atoms with Gasteiger partial charge in [-0.3, -0.25) is 14.4 Å². The number of aromatic carboxylic acids is 1. The van der Waals surface area contributed by atoms with Crippen LogP contribution in [0.3, 0.4) is 0 Å². The molecule has 0 bridgehead atoms. The van der Waals surface area contributed by atoms with Crippen molar-refractivity contribution in [3.05, 3.63) is 148 Å². The molecule has 0 unspecified atom stereocenters. The van der Waals surface area contributed by atoms with Crippen molar-refractivity contribution in [3.8, 4) is 33.9 Å². The van der Waals surface area contributed by atoms with Crippen LogP contribution in [0.15, 0.2) is 131 Å². The van der Waals surface area contributed by atoms with E-state index in [1.807, 2.05) is 6.07 Å². The first-order valence-electron chi connectivity index (χ1n) is 25.6. The topological polar surface area (TPSA) is 198 Å². The summed E-state index contributed by atoms with van der Waals surface area (Å²) < 4.78 is 19.9. The maximum atomic E-state index is 13.4. The van der Waals surface area contributed by atoms with E-state index in [1.54, 1.807) is 57.2 Å². The number of carboxylic acid groups (broad SMARTS) is 1. The van der Waals surface area contributed by atoms with Crippen LogP contribution in [0.1, 0.15) is 118 Å². The minimum atomic E-state index is -1.19. The number of carbonyl (C=O) groups excluding carboxylic acids is 3. The number of phenolic OH excluding ortho intramolecular Hbond substituents is 1. The first-order valence-corrected chi connectivity index (χ1v) is 25.6. The third-order valence-corrected chi connectivity index (χ3v) is 12.9. The lowest BCUT2D eigenvalue weighted by molar-refractivity contribution is -0.116. The fourth-order valence-electron chi connectivity index (χ4n) is 9.46. The van der Waals surface area contributed by atoms with Crippen LogP contribution in [-0.2, 0) is 22.6 Å². The van der Waals surface area contributed by atoms with Gasteiger partial charge in [0.2, 0.25) is 5.91 Å². The van der Waals surface area contributed by atoms with E-state index >= 15 is 0 Å². The number of fused-ring (bicyclic) bond motifs is 5. The summed E-state index contributed by atoms with van der Waals surface area (Å²) >= 11 is 0. The molecule has 0 fully saturated rings. The highest BCUT2D eigenvalue weighted by Crippen LogP contribution is 2.42. The SMILES string of the molecule is CC(C)(C)OC(=O)NCc1cc(OCCCn2c3ccccc3c3ccccc32)cc(C(=O)NCCCCCCCCCCCC(=O)Nc2ccc(-c3c4ccc(=O)cc-4oc4cc(O)ccc34)c(C(=O)O)c2)c1. The Morgan fingerprint density at radius 3 is 2.05 bits per heavy atom. The lowest BCUT2D eigenvalue weighted by atomic mass is 9.90. The molecule has 384 valence electrons. The van der Waals surface area contributed by atoms with Crippen LogP contribution in [0.5, 0.6) is 11.5 Å². The second kappa shape index (κ2) is 24.1. The number of hydrogen-bond donors (Lipinski definition) is 5. The number of aromatic nitrogens is 1. The third-order valence-electron chi connectivity index (χ3n) is 12.9. The van der Waals surface area contributed by atoms with Crippen LogP contribution >= 0.6 is 0 Å². The number of benzene rings is 6. The zero-order valence-corrected chi connectivity index (χ0v) is 42.3. The van der Waals surface area contributed by atoms with Crippen molar-refractivity contribution in [1.29, 1.82) is 0 Å². The highest BCUT2D eigenvalue weighted by molar-refractivity contribution is 6.09. The molecule has 14 heteroatoms. The summed E-state index contributed by atoms with van der Waals surface area (Å²) in [6.07, 6.45) is 9.18. The van der Waals surface area contributed by atoms with Gasteiger partial charge in [0, 0.05) is 87.8 Å². The van der Waals surface area contributed by atoms with Gasteiger partial charge in [-0.05, 0) is 118 Å². The van der Waals surface area contributed by atoms with Crippen molar-refractivity contribution >= 4 is 62.3 Å². The summed E-state index contributed by atoms with van der Waals surface area (Å²) in [6, 6.07) is 35.8. The van der Waals surface area contributed by atoms with Crippen molar-refractivity contribution in [3.63, 3.8) is 0 Å². The number of amides is 3. The summed E-state index contributed by atoms with van der Waals surface area (Å²) in [4.78, 5) is 63.6. The number of nitrogens with one attached hydrogen (secondary N) is 3. The molecule has 3 amide bonds. The Kier molecular flexibility index (Phi) is 17.0. The first kappa shape index (κ1) is 52.2. The Morgan fingerprint density at radius 1 is 0.676 bits per heavy atom. The molecule has 1 aliphatic heterocycles. The van der Waals surface area contributed by atoms with Crippen LogP contribution in [-0.4, -0.2) is 57.4 Å². The largest absolute Gasteiger partial charge is 0.508 e. The molecule has 2 heterocycles. The molecule has 0 spiro atoms. The standard InChI is InChI=1S/C60H64N4O10/c1-60(2,3)74-59(71)62-38-39-32-40(34-44(33-39)72-31-17-30-64-51-20-14-12-18-45(51)46-19-13-15-21-52(46)64)57(68)61-29-16-10-8-6-4-5-7-9-11-22-55(67)63-41-23-26-47(50(35-41)58(69)70)56-48-27-24-42(65)36-53(48)73-54-37-43(66)25-28-49(54)56/h12-15,18-21,23-28,32-37,65H,4-11,16-17,22,29-31,38H2,1-3H3,(H,61,68)(H,62,71)(H,63,67)(H,69,70). The molecule has 8 rings (SSSR count).